The van der Waals surface area contributed by atoms with Crippen LogP contribution in [0.3, 0.4) is 0 Å². The van der Waals surface area contributed by atoms with Crippen molar-refractivity contribution in [3.8, 4) is 16.9 Å². The summed E-state index contributed by atoms with van der Waals surface area (Å²) in [6.07, 6.45) is 5.44. The van der Waals surface area contributed by atoms with Crippen LogP contribution in [0.15, 0.2) is 146 Å². The zero-order valence-electron chi connectivity index (χ0n) is 29.7. The van der Waals surface area contributed by atoms with Crippen LogP contribution in [0.4, 0.5) is 17.3 Å². The highest BCUT2D eigenvalue weighted by molar-refractivity contribution is 6.09. The molecule has 1 aliphatic carbocycles. The highest BCUT2D eigenvalue weighted by atomic mass is 15.4. The molecule has 252 valence electrons. The molecule has 0 atom stereocenters. The molecule has 0 saturated heterocycles. The van der Waals surface area contributed by atoms with Crippen molar-refractivity contribution in [1.29, 1.82) is 0 Å². The van der Waals surface area contributed by atoms with Crippen molar-refractivity contribution in [2.45, 2.75) is 31.6 Å². The van der Waals surface area contributed by atoms with E-state index in [1.165, 1.54) is 49.7 Å². The Morgan fingerprint density at radius 2 is 1.25 bits per heavy atom. The summed E-state index contributed by atoms with van der Waals surface area (Å²) in [5, 5.41) is 2.42. The molecular weight excluding hydrogens is 637 g/mol. The summed E-state index contributed by atoms with van der Waals surface area (Å²) in [5.41, 5.74) is 11.5. The Balaban J connectivity index is 1.33. The summed E-state index contributed by atoms with van der Waals surface area (Å²) in [6.45, 7) is 7.59. The lowest BCUT2D eigenvalue weighted by atomic mass is 9.66. The number of para-hydroxylation sites is 1. The number of hydrogen-bond acceptors (Lipinski definition) is 5. The molecule has 5 aromatic carbocycles. The van der Waals surface area contributed by atoms with Gasteiger partial charge in [-0.15, -0.1) is 0 Å². The van der Waals surface area contributed by atoms with Gasteiger partial charge in [-0.3, -0.25) is 4.57 Å². The lowest BCUT2D eigenvalue weighted by molar-refractivity contribution is 0.587. The monoisotopic (exact) mass is 674 g/mol. The number of pyridine rings is 1. The summed E-state index contributed by atoms with van der Waals surface area (Å²) in [4.78, 5) is 18.9. The SMILES string of the molecule is CN1CN(c2cc(C(C)(C)C)cc(C3(c4ccc5c6ccccc6n(-c6ccccn6)c5c4)c4ccccc4-c4ccccc43)c2)c2nccnc21. The maximum Gasteiger partial charge on any atom is 0.178 e. The van der Waals surface area contributed by atoms with Crippen molar-refractivity contribution < 1.29 is 0 Å². The fraction of sp³-hybridized carbons (Fsp3) is 0.152. The lowest BCUT2D eigenvalue weighted by Gasteiger charge is -2.36. The highest BCUT2D eigenvalue weighted by Crippen LogP contribution is 2.57. The first-order valence-electron chi connectivity index (χ1n) is 17.9. The Morgan fingerprint density at radius 3 is 1.98 bits per heavy atom. The Hall–Kier alpha value is -6.27. The maximum absolute atomic E-state index is 4.86. The van der Waals surface area contributed by atoms with Crippen LogP contribution in [-0.4, -0.2) is 33.2 Å². The van der Waals surface area contributed by atoms with Crippen LogP contribution in [0, 0.1) is 0 Å². The van der Waals surface area contributed by atoms with Gasteiger partial charge < -0.3 is 9.80 Å². The van der Waals surface area contributed by atoms with E-state index in [0.29, 0.717) is 6.67 Å². The fourth-order valence-electron chi connectivity index (χ4n) is 8.71. The molecule has 52 heavy (non-hydrogen) atoms. The van der Waals surface area contributed by atoms with E-state index < -0.39 is 5.41 Å². The normalized spacial score (nSPS) is 14.5. The summed E-state index contributed by atoms with van der Waals surface area (Å²) >= 11 is 0. The van der Waals surface area contributed by atoms with Gasteiger partial charge in [0.2, 0.25) is 0 Å². The largest absolute Gasteiger partial charge is 0.338 e. The van der Waals surface area contributed by atoms with E-state index in [4.69, 9.17) is 15.0 Å². The zero-order valence-corrected chi connectivity index (χ0v) is 29.7. The van der Waals surface area contributed by atoms with Crippen molar-refractivity contribution in [3.63, 3.8) is 0 Å². The second-order valence-corrected chi connectivity index (χ2v) is 15.1. The van der Waals surface area contributed by atoms with Gasteiger partial charge in [0.1, 0.15) is 5.82 Å². The highest BCUT2D eigenvalue weighted by Gasteiger charge is 2.47. The van der Waals surface area contributed by atoms with Gasteiger partial charge in [0, 0.05) is 42.1 Å². The summed E-state index contributed by atoms with van der Waals surface area (Å²) < 4.78 is 2.32. The molecule has 0 N–H and O–H groups in total. The standard InChI is InChI=1S/C46H38N6/c1-45(2,3)31-25-32(27-33(26-31)51-29-50(4)43-44(51)49-24-23-48-43)46(38-16-8-5-13-34(38)35-14-6-9-17-39(35)46)30-20-21-37-36-15-7-10-18-40(36)52(41(37)28-30)42-19-11-12-22-47-42/h5-28H,29H2,1-4H3. The van der Waals surface area contributed by atoms with Crippen molar-refractivity contribution in [1.82, 2.24) is 19.5 Å². The second-order valence-electron chi connectivity index (χ2n) is 15.1. The first kappa shape index (κ1) is 30.5. The van der Waals surface area contributed by atoms with Crippen molar-refractivity contribution in [2.24, 2.45) is 0 Å². The Kier molecular flexibility index (Phi) is 6.53. The number of benzene rings is 5. The fourth-order valence-corrected chi connectivity index (χ4v) is 8.71. The van der Waals surface area contributed by atoms with Crippen molar-refractivity contribution in [2.75, 3.05) is 23.5 Å². The van der Waals surface area contributed by atoms with Gasteiger partial charge in [0.05, 0.1) is 23.1 Å². The lowest BCUT2D eigenvalue weighted by Crippen LogP contribution is -2.30. The summed E-state index contributed by atoms with van der Waals surface area (Å²) in [7, 11) is 2.09. The summed E-state index contributed by atoms with van der Waals surface area (Å²) in [5.74, 6) is 2.68. The van der Waals surface area contributed by atoms with Crippen LogP contribution in [0.5, 0.6) is 0 Å². The van der Waals surface area contributed by atoms with Crippen LogP contribution < -0.4 is 9.80 Å². The number of aromatic nitrogens is 4. The predicted octanol–water partition coefficient (Wildman–Crippen LogP) is 10.2. The van der Waals surface area contributed by atoms with E-state index in [-0.39, 0.29) is 5.41 Å². The van der Waals surface area contributed by atoms with Crippen molar-refractivity contribution >= 4 is 39.1 Å². The first-order chi connectivity index (χ1) is 25.3. The van der Waals surface area contributed by atoms with Crippen LogP contribution >= 0.6 is 0 Å². The molecular formula is C46H38N6. The number of nitrogens with zero attached hydrogens (tertiary/aromatic N) is 6. The summed E-state index contributed by atoms with van der Waals surface area (Å²) in [6, 6.07) is 47.1. The van der Waals surface area contributed by atoms with Crippen LogP contribution in [0.1, 0.15) is 48.6 Å². The molecule has 0 fully saturated rings. The molecule has 4 heterocycles. The van der Waals surface area contributed by atoms with Gasteiger partial charge >= 0.3 is 0 Å². The van der Waals surface area contributed by atoms with Gasteiger partial charge in [-0.25, -0.2) is 15.0 Å². The molecule has 10 rings (SSSR count). The van der Waals surface area contributed by atoms with E-state index in [9.17, 15) is 0 Å². The third kappa shape index (κ3) is 4.27. The van der Waals surface area contributed by atoms with E-state index >= 15 is 0 Å². The van der Waals surface area contributed by atoms with Gasteiger partial charge in [0.15, 0.2) is 11.6 Å². The Labute approximate surface area is 303 Å². The molecule has 6 nitrogen and oxygen atoms in total. The van der Waals surface area contributed by atoms with E-state index in [1.807, 2.05) is 12.3 Å². The predicted molar refractivity (Wildman–Crippen MR) is 212 cm³/mol. The van der Waals surface area contributed by atoms with Crippen LogP contribution in [0.25, 0.3) is 38.8 Å². The molecule has 8 aromatic rings. The molecule has 0 radical (unpaired) electrons. The van der Waals surface area contributed by atoms with Crippen LogP contribution in [-0.2, 0) is 10.8 Å². The third-order valence-corrected chi connectivity index (χ3v) is 11.1. The molecule has 2 aliphatic rings. The second kappa shape index (κ2) is 11.1. The quantitative estimate of drug-likeness (QED) is 0.186. The maximum atomic E-state index is 4.86. The Morgan fingerprint density at radius 1 is 0.577 bits per heavy atom. The minimum Gasteiger partial charge on any atom is -0.338 e. The first-order valence-corrected chi connectivity index (χ1v) is 17.9. The van der Waals surface area contributed by atoms with Crippen LogP contribution in [0.2, 0.25) is 0 Å². The number of fused-ring (bicyclic) bond motifs is 7. The van der Waals surface area contributed by atoms with E-state index in [2.05, 4.69) is 164 Å². The molecule has 1 aliphatic heterocycles. The smallest absolute Gasteiger partial charge is 0.178 e. The molecule has 6 heteroatoms. The third-order valence-electron chi connectivity index (χ3n) is 11.1. The topological polar surface area (TPSA) is 50.1 Å². The van der Waals surface area contributed by atoms with Gasteiger partial charge in [-0.1, -0.05) is 112 Å². The molecule has 0 saturated carbocycles. The molecule has 0 spiro atoms. The number of rotatable bonds is 4. The average Bonchev–Trinajstić information content (AvgIpc) is 3.80. The van der Waals surface area contributed by atoms with Gasteiger partial charge in [0.25, 0.3) is 0 Å². The van der Waals surface area contributed by atoms with Crippen molar-refractivity contribution in [3.05, 3.63) is 174 Å². The molecule has 3 aromatic heterocycles. The van der Waals surface area contributed by atoms with E-state index in [0.717, 1.165) is 34.2 Å². The van der Waals surface area contributed by atoms with Gasteiger partial charge in [-0.2, -0.15) is 0 Å². The van der Waals surface area contributed by atoms with Gasteiger partial charge in [-0.05, 0) is 80.8 Å². The zero-order chi connectivity index (χ0) is 35.2. The van der Waals surface area contributed by atoms with E-state index in [1.54, 1.807) is 12.4 Å². The average molecular weight is 675 g/mol. The Bertz CT molecular complexity index is 2640. The minimum atomic E-state index is -0.611. The molecule has 0 amide bonds. The number of hydrogen-bond donors (Lipinski definition) is 0. The number of anilines is 3. The molecule has 0 bridgehead atoms. The molecule has 0 unspecified atom stereocenters. The minimum absolute atomic E-state index is 0.115.